The number of amides is 4. The Morgan fingerprint density at radius 2 is 2.04 bits per heavy atom. The molecule has 7 nitrogen and oxygen atoms in total. The van der Waals surface area contributed by atoms with Gasteiger partial charge in [0.25, 0.3) is 5.91 Å². The second-order valence-electron chi connectivity index (χ2n) is 6.42. The topological polar surface area (TPSA) is 81.8 Å². The van der Waals surface area contributed by atoms with E-state index < -0.39 is 18.0 Å². The SMILES string of the molecule is CN(C(=O)C[C@@H]1NC(=O)NC1=O)C1CCN(c2cccc(F)c2)CC1. The number of hydrogen-bond acceptors (Lipinski definition) is 4. The average molecular weight is 348 g/mol. The fourth-order valence-corrected chi connectivity index (χ4v) is 3.31. The Balaban J connectivity index is 1.52. The number of piperidine rings is 1. The highest BCUT2D eigenvalue weighted by molar-refractivity contribution is 6.05. The summed E-state index contributed by atoms with van der Waals surface area (Å²) < 4.78 is 13.3. The normalized spacial score (nSPS) is 21.0. The molecule has 0 spiro atoms. The van der Waals surface area contributed by atoms with Crippen molar-refractivity contribution in [3.05, 3.63) is 30.1 Å². The third-order valence-electron chi connectivity index (χ3n) is 4.82. The summed E-state index contributed by atoms with van der Waals surface area (Å²) in [5.41, 5.74) is 0.845. The van der Waals surface area contributed by atoms with E-state index >= 15 is 0 Å². The summed E-state index contributed by atoms with van der Waals surface area (Å²) in [5.74, 6) is -0.900. The van der Waals surface area contributed by atoms with Crippen LogP contribution in [0.5, 0.6) is 0 Å². The van der Waals surface area contributed by atoms with Gasteiger partial charge in [0.1, 0.15) is 11.9 Å². The molecule has 3 rings (SSSR count). The van der Waals surface area contributed by atoms with E-state index in [0.717, 1.165) is 31.6 Å². The fraction of sp³-hybridized carbons (Fsp3) is 0.471. The average Bonchev–Trinajstić information content (AvgIpc) is 2.91. The monoisotopic (exact) mass is 348 g/mol. The second-order valence-corrected chi connectivity index (χ2v) is 6.42. The summed E-state index contributed by atoms with van der Waals surface area (Å²) in [6.07, 6.45) is 1.49. The number of urea groups is 1. The summed E-state index contributed by atoms with van der Waals surface area (Å²) in [6, 6.07) is 5.20. The van der Waals surface area contributed by atoms with Crippen molar-refractivity contribution in [2.45, 2.75) is 31.3 Å². The maximum atomic E-state index is 13.3. The number of carbonyl (C=O) groups is 3. The predicted octanol–water partition coefficient (Wildman–Crippen LogP) is 0.851. The van der Waals surface area contributed by atoms with Gasteiger partial charge in [0.2, 0.25) is 5.91 Å². The minimum Gasteiger partial charge on any atom is -0.371 e. The van der Waals surface area contributed by atoms with Crippen molar-refractivity contribution in [1.82, 2.24) is 15.5 Å². The number of halogens is 1. The van der Waals surface area contributed by atoms with E-state index in [1.54, 1.807) is 18.0 Å². The maximum absolute atomic E-state index is 13.3. The highest BCUT2D eigenvalue weighted by Gasteiger charge is 2.34. The van der Waals surface area contributed by atoms with Gasteiger partial charge < -0.3 is 15.1 Å². The zero-order valence-electron chi connectivity index (χ0n) is 14.0. The Morgan fingerprint density at radius 3 is 2.64 bits per heavy atom. The Bertz CT molecular complexity index is 688. The lowest BCUT2D eigenvalue weighted by Crippen LogP contribution is -2.47. The fourth-order valence-electron chi connectivity index (χ4n) is 3.31. The second kappa shape index (κ2) is 7.08. The van der Waals surface area contributed by atoms with Crippen molar-refractivity contribution < 1.29 is 18.8 Å². The molecule has 8 heteroatoms. The summed E-state index contributed by atoms with van der Waals surface area (Å²) >= 11 is 0. The van der Waals surface area contributed by atoms with Crippen LogP contribution in [0.25, 0.3) is 0 Å². The molecule has 2 saturated heterocycles. The number of nitrogens with zero attached hydrogens (tertiary/aromatic N) is 2. The smallest absolute Gasteiger partial charge is 0.322 e. The maximum Gasteiger partial charge on any atom is 0.322 e. The Kier molecular flexibility index (Phi) is 4.87. The van der Waals surface area contributed by atoms with E-state index in [1.165, 1.54) is 12.1 Å². The molecule has 0 bridgehead atoms. The van der Waals surface area contributed by atoms with Gasteiger partial charge in [-0.15, -0.1) is 0 Å². The number of carbonyl (C=O) groups excluding carboxylic acids is 3. The zero-order valence-corrected chi connectivity index (χ0v) is 14.0. The van der Waals surface area contributed by atoms with E-state index in [9.17, 15) is 18.8 Å². The van der Waals surface area contributed by atoms with Crippen molar-refractivity contribution >= 4 is 23.5 Å². The molecule has 2 aliphatic rings. The minimum absolute atomic E-state index is 0.0435. The van der Waals surface area contributed by atoms with Gasteiger partial charge in [-0.3, -0.25) is 14.9 Å². The molecule has 2 aliphatic heterocycles. The molecule has 4 amide bonds. The van der Waals surface area contributed by atoms with Crippen LogP contribution in [0.4, 0.5) is 14.9 Å². The van der Waals surface area contributed by atoms with Crippen molar-refractivity contribution in [1.29, 1.82) is 0 Å². The lowest BCUT2D eigenvalue weighted by atomic mass is 10.0. The molecule has 0 aliphatic carbocycles. The molecule has 2 heterocycles. The van der Waals surface area contributed by atoms with Crippen LogP contribution in [0.2, 0.25) is 0 Å². The first-order chi connectivity index (χ1) is 11.9. The summed E-state index contributed by atoms with van der Waals surface area (Å²) in [7, 11) is 1.72. The van der Waals surface area contributed by atoms with Crippen LogP contribution in [0.15, 0.2) is 24.3 Å². The molecule has 1 atom stereocenters. The first-order valence-electron chi connectivity index (χ1n) is 8.31. The number of anilines is 1. The van der Waals surface area contributed by atoms with Crippen molar-refractivity contribution in [2.24, 2.45) is 0 Å². The van der Waals surface area contributed by atoms with Gasteiger partial charge in [-0.25, -0.2) is 9.18 Å². The third-order valence-corrected chi connectivity index (χ3v) is 4.82. The molecule has 0 radical (unpaired) electrons. The van der Waals surface area contributed by atoms with Gasteiger partial charge in [0, 0.05) is 31.9 Å². The molecule has 0 aromatic heterocycles. The van der Waals surface area contributed by atoms with Crippen LogP contribution in [0.1, 0.15) is 19.3 Å². The highest BCUT2D eigenvalue weighted by atomic mass is 19.1. The summed E-state index contributed by atoms with van der Waals surface area (Å²) in [5, 5.41) is 4.56. The van der Waals surface area contributed by atoms with Gasteiger partial charge in [0.05, 0.1) is 6.42 Å². The molecule has 1 aromatic rings. The van der Waals surface area contributed by atoms with Crippen LogP contribution in [0, 0.1) is 5.82 Å². The van der Waals surface area contributed by atoms with Gasteiger partial charge in [-0.2, -0.15) is 0 Å². The van der Waals surface area contributed by atoms with E-state index in [-0.39, 0.29) is 24.2 Å². The molecule has 0 saturated carbocycles. The molecular formula is C17H21FN4O3. The molecule has 134 valence electrons. The van der Waals surface area contributed by atoms with Gasteiger partial charge in [0.15, 0.2) is 0 Å². The zero-order chi connectivity index (χ0) is 18.0. The van der Waals surface area contributed by atoms with E-state index in [1.807, 2.05) is 6.07 Å². The van der Waals surface area contributed by atoms with Gasteiger partial charge in [-0.05, 0) is 31.0 Å². The predicted molar refractivity (Wildman–Crippen MR) is 89.5 cm³/mol. The molecule has 2 N–H and O–H groups in total. The Hall–Kier alpha value is -2.64. The van der Waals surface area contributed by atoms with Gasteiger partial charge >= 0.3 is 6.03 Å². The number of hydrogen-bond donors (Lipinski definition) is 2. The van der Waals surface area contributed by atoms with Crippen LogP contribution < -0.4 is 15.5 Å². The van der Waals surface area contributed by atoms with Crippen LogP contribution >= 0.6 is 0 Å². The summed E-state index contributed by atoms with van der Waals surface area (Å²) in [4.78, 5) is 38.8. The van der Waals surface area contributed by atoms with Crippen LogP contribution in [-0.2, 0) is 9.59 Å². The Labute approximate surface area is 145 Å². The first kappa shape index (κ1) is 17.2. The number of rotatable bonds is 4. The van der Waals surface area contributed by atoms with Crippen molar-refractivity contribution in [3.63, 3.8) is 0 Å². The molecule has 0 unspecified atom stereocenters. The Morgan fingerprint density at radius 1 is 1.32 bits per heavy atom. The van der Waals surface area contributed by atoms with Gasteiger partial charge in [-0.1, -0.05) is 6.07 Å². The molecule has 2 fully saturated rings. The lowest BCUT2D eigenvalue weighted by Gasteiger charge is -2.38. The first-order valence-corrected chi connectivity index (χ1v) is 8.31. The minimum atomic E-state index is -0.796. The lowest BCUT2D eigenvalue weighted by molar-refractivity contribution is -0.134. The van der Waals surface area contributed by atoms with Crippen molar-refractivity contribution in [3.8, 4) is 0 Å². The van der Waals surface area contributed by atoms with E-state index in [2.05, 4.69) is 15.5 Å². The molecule has 25 heavy (non-hydrogen) atoms. The third kappa shape index (κ3) is 3.89. The highest BCUT2D eigenvalue weighted by Crippen LogP contribution is 2.23. The molecular weight excluding hydrogens is 327 g/mol. The van der Waals surface area contributed by atoms with E-state index in [4.69, 9.17) is 0 Å². The largest absolute Gasteiger partial charge is 0.371 e. The molecule has 1 aromatic carbocycles. The number of nitrogens with one attached hydrogen (secondary N) is 2. The number of imide groups is 1. The van der Waals surface area contributed by atoms with Crippen LogP contribution in [0.3, 0.4) is 0 Å². The van der Waals surface area contributed by atoms with E-state index in [0.29, 0.717) is 0 Å². The van der Waals surface area contributed by atoms with Crippen LogP contribution in [-0.4, -0.2) is 55.0 Å². The van der Waals surface area contributed by atoms with Crippen molar-refractivity contribution in [2.75, 3.05) is 25.0 Å². The summed E-state index contributed by atoms with van der Waals surface area (Å²) in [6.45, 7) is 1.46. The quantitative estimate of drug-likeness (QED) is 0.791. The number of benzene rings is 1. The standard InChI is InChI=1S/C17H21FN4O3/c1-21(15(23)10-14-16(24)20-17(25)19-14)12-5-7-22(8-6-12)13-4-2-3-11(18)9-13/h2-4,9,12,14H,5-8,10H2,1H3,(H2,19,20,24,25)/t14-/m0/s1.